The number of hydrogen-bond donors (Lipinski definition) is 1. The third-order valence-corrected chi connectivity index (χ3v) is 2.40. The van der Waals surface area contributed by atoms with Crippen LogP contribution in [0, 0.1) is 17.6 Å². The van der Waals surface area contributed by atoms with Gasteiger partial charge < -0.3 is 10.6 Å². The lowest BCUT2D eigenvalue weighted by atomic mass is 10.1. The Morgan fingerprint density at radius 1 is 1.32 bits per heavy atom. The van der Waals surface area contributed by atoms with E-state index in [9.17, 15) is 18.4 Å². The third-order valence-electron chi connectivity index (χ3n) is 2.40. The van der Waals surface area contributed by atoms with E-state index < -0.39 is 29.0 Å². The van der Waals surface area contributed by atoms with Gasteiger partial charge in [-0.25, -0.2) is 8.78 Å². The molecule has 0 aliphatic carbocycles. The summed E-state index contributed by atoms with van der Waals surface area (Å²) in [5.41, 5.74) is 4.65. The zero-order chi connectivity index (χ0) is 14.6. The second-order valence-electron chi connectivity index (χ2n) is 4.65. The monoisotopic (exact) mass is 270 g/mol. The highest BCUT2D eigenvalue weighted by Gasteiger charge is 2.22. The van der Waals surface area contributed by atoms with Crippen LogP contribution < -0.4 is 5.73 Å². The Labute approximate surface area is 110 Å². The maximum atomic E-state index is 13.5. The maximum absolute atomic E-state index is 13.5. The van der Waals surface area contributed by atoms with E-state index in [1.165, 1.54) is 12.1 Å². The van der Waals surface area contributed by atoms with Gasteiger partial charge in [0.15, 0.2) is 11.6 Å². The van der Waals surface area contributed by atoms with Crippen LogP contribution in [-0.2, 0) is 4.79 Å². The van der Waals surface area contributed by atoms with Crippen molar-refractivity contribution in [2.45, 2.75) is 13.8 Å². The van der Waals surface area contributed by atoms with E-state index in [-0.39, 0.29) is 19.0 Å². The van der Waals surface area contributed by atoms with Gasteiger partial charge in [0, 0.05) is 6.54 Å². The highest BCUT2D eigenvalue weighted by Crippen LogP contribution is 2.14. The molecule has 0 saturated heterocycles. The van der Waals surface area contributed by atoms with Gasteiger partial charge in [0.05, 0.1) is 12.1 Å². The minimum atomic E-state index is -1.22. The SMILES string of the molecule is CC(C)CN(CC(N)=O)C(=O)c1cccc(F)c1F. The molecule has 1 aromatic carbocycles. The van der Waals surface area contributed by atoms with E-state index in [1.54, 1.807) is 0 Å². The van der Waals surface area contributed by atoms with E-state index in [0.29, 0.717) is 0 Å². The number of amides is 2. The molecule has 0 fully saturated rings. The lowest BCUT2D eigenvalue weighted by Crippen LogP contribution is -2.41. The molecule has 104 valence electrons. The number of nitrogens with zero attached hydrogens (tertiary/aromatic N) is 1. The van der Waals surface area contributed by atoms with Crippen LogP contribution in [0.1, 0.15) is 24.2 Å². The van der Waals surface area contributed by atoms with E-state index in [1.807, 2.05) is 13.8 Å². The van der Waals surface area contributed by atoms with Gasteiger partial charge in [-0.2, -0.15) is 0 Å². The fourth-order valence-corrected chi connectivity index (χ4v) is 1.69. The Morgan fingerprint density at radius 2 is 1.95 bits per heavy atom. The normalized spacial score (nSPS) is 10.6. The minimum Gasteiger partial charge on any atom is -0.368 e. The van der Waals surface area contributed by atoms with Crippen LogP contribution >= 0.6 is 0 Å². The van der Waals surface area contributed by atoms with Gasteiger partial charge in [-0.1, -0.05) is 19.9 Å². The van der Waals surface area contributed by atoms with Crippen molar-refractivity contribution < 1.29 is 18.4 Å². The first-order chi connectivity index (χ1) is 8.82. The van der Waals surface area contributed by atoms with Gasteiger partial charge >= 0.3 is 0 Å². The number of benzene rings is 1. The number of primary amides is 1. The Kier molecular flexibility index (Phi) is 4.97. The number of nitrogens with two attached hydrogens (primary N) is 1. The Balaban J connectivity index is 3.04. The summed E-state index contributed by atoms with van der Waals surface area (Å²) < 4.78 is 26.6. The molecule has 19 heavy (non-hydrogen) atoms. The Hall–Kier alpha value is -1.98. The van der Waals surface area contributed by atoms with Crippen molar-refractivity contribution in [3.05, 3.63) is 35.4 Å². The molecule has 1 aromatic rings. The molecule has 1 rings (SSSR count). The average Bonchev–Trinajstić information content (AvgIpc) is 2.30. The van der Waals surface area contributed by atoms with E-state index >= 15 is 0 Å². The molecule has 0 unspecified atom stereocenters. The van der Waals surface area contributed by atoms with Gasteiger partial charge in [-0.3, -0.25) is 9.59 Å². The van der Waals surface area contributed by atoms with Crippen LogP contribution in [0.15, 0.2) is 18.2 Å². The number of hydrogen-bond acceptors (Lipinski definition) is 2. The first-order valence-electron chi connectivity index (χ1n) is 5.84. The summed E-state index contributed by atoms with van der Waals surface area (Å²) in [6.07, 6.45) is 0. The van der Waals surface area contributed by atoms with Crippen LogP contribution in [-0.4, -0.2) is 29.8 Å². The predicted molar refractivity (Wildman–Crippen MR) is 66.3 cm³/mol. The first kappa shape index (κ1) is 15.1. The van der Waals surface area contributed by atoms with Crippen molar-refractivity contribution in [3.8, 4) is 0 Å². The first-order valence-corrected chi connectivity index (χ1v) is 5.84. The van der Waals surface area contributed by atoms with Crippen LogP contribution in [0.4, 0.5) is 8.78 Å². The molecule has 4 nitrogen and oxygen atoms in total. The van der Waals surface area contributed by atoms with Crippen molar-refractivity contribution in [1.29, 1.82) is 0 Å². The molecule has 0 aliphatic heterocycles. The molecule has 0 saturated carbocycles. The van der Waals surface area contributed by atoms with E-state index in [0.717, 1.165) is 11.0 Å². The Morgan fingerprint density at radius 3 is 2.47 bits per heavy atom. The summed E-state index contributed by atoms with van der Waals surface area (Å²) in [5.74, 6) is -3.70. The van der Waals surface area contributed by atoms with Crippen molar-refractivity contribution >= 4 is 11.8 Å². The number of halogens is 2. The fourth-order valence-electron chi connectivity index (χ4n) is 1.69. The van der Waals surface area contributed by atoms with Crippen molar-refractivity contribution in [1.82, 2.24) is 4.90 Å². The maximum Gasteiger partial charge on any atom is 0.257 e. The second kappa shape index (κ2) is 6.26. The molecule has 2 amide bonds. The van der Waals surface area contributed by atoms with Crippen molar-refractivity contribution in [2.24, 2.45) is 11.7 Å². The summed E-state index contributed by atoms with van der Waals surface area (Å²) in [4.78, 5) is 24.2. The molecular weight excluding hydrogens is 254 g/mol. The fraction of sp³-hybridized carbons (Fsp3) is 0.385. The quantitative estimate of drug-likeness (QED) is 0.882. The molecule has 0 aromatic heterocycles. The number of rotatable bonds is 5. The molecule has 6 heteroatoms. The minimum absolute atomic E-state index is 0.0694. The van der Waals surface area contributed by atoms with Gasteiger partial charge in [0.2, 0.25) is 5.91 Å². The second-order valence-corrected chi connectivity index (χ2v) is 4.65. The molecule has 0 bridgehead atoms. The number of carbonyl (C=O) groups excluding carboxylic acids is 2. The van der Waals surface area contributed by atoms with E-state index in [4.69, 9.17) is 5.73 Å². The van der Waals surface area contributed by atoms with Crippen molar-refractivity contribution in [3.63, 3.8) is 0 Å². The van der Waals surface area contributed by atoms with Crippen molar-refractivity contribution in [2.75, 3.05) is 13.1 Å². The topological polar surface area (TPSA) is 63.4 Å². The van der Waals surface area contributed by atoms with Gasteiger partial charge in [0.1, 0.15) is 0 Å². The molecule has 0 radical (unpaired) electrons. The largest absolute Gasteiger partial charge is 0.368 e. The van der Waals surface area contributed by atoms with Gasteiger partial charge in [-0.15, -0.1) is 0 Å². The summed E-state index contributed by atoms with van der Waals surface area (Å²) >= 11 is 0. The van der Waals surface area contributed by atoms with Crippen LogP contribution in [0.5, 0.6) is 0 Å². The predicted octanol–water partition coefficient (Wildman–Crippen LogP) is 1.55. The molecule has 0 spiro atoms. The summed E-state index contributed by atoms with van der Waals surface area (Å²) in [6, 6.07) is 3.34. The summed E-state index contributed by atoms with van der Waals surface area (Å²) in [5, 5.41) is 0. The molecule has 2 N–H and O–H groups in total. The Bertz CT molecular complexity index is 490. The lowest BCUT2D eigenvalue weighted by Gasteiger charge is -2.23. The highest BCUT2D eigenvalue weighted by molar-refractivity contribution is 5.96. The third kappa shape index (κ3) is 4.01. The van der Waals surface area contributed by atoms with Gasteiger partial charge in [-0.05, 0) is 18.1 Å². The molecule has 0 atom stereocenters. The standard InChI is InChI=1S/C13H16F2N2O2/c1-8(2)6-17(7-11(16)18)13(19)9-4-3-5-10(14)12(9)15/h3-5,8H,6-7H2,1-2H3,(H2,16,18). The molecular formula is C13H16F2N2O2. The summed E-state index contributed by atoms with van der Waals surface area (Å²) in [7, 11) is 0. The summed E-state index contributed by atoms with van der Waals surface area (Å²) in [6.45, 7) is 3.58. The average molecular weight is 270 g/mol. The van der Waals surface area contributed by atoms with E-state index in [2.05, 4.69) is 0 Å². The molecule has 0 aliphatic rings. The van der Waals surface area contributed by atoms with Gasteiger partial charge in [0.25, 0.3) is 5.91 Å². The highest BCUT2D eigenvalue weighted by atomic mass is 19.2. The zero-order valence-electron chi connectivity index (χ0n) is 10.8. The zero-order valence-corrected chi connectivity index (χ0v) is 10.8. The smallest absolute Gasteiger partial charge is 0.257 e. The van der Waals surface area contributed by atoms with Crippen LogP contribution in [0.25, 0.3) is 0 Å². The van der Waals surface area contributed by atoms with Crippen LogP contribution in [0.2, 0.25) is 0 Å². The lowest BCUT2D eigenvalue weighted by molar-refractivity contribution is -0.118. The van der Waals surface area contributed by atoms with Crippen LogP contribution in [0.3, 0.4) is 0 Å². The number of carbonyl (C=O) groups is 2. The molecule has 0 heterocycles.